The summed E-state index contributed by atoms with van der Waals surface area (Å²) in [7, 11) is 0. The molecule has 0 aliphatic carbocycles. The first-order valence-electron chi connectivity index (χ1n) is 31.1. The summed E-state index contributed by atoms with van der Waals surface area (Å²) in [6, 6.07) is 71.7. The number of alkyl halides is 6. The second kappa shape index (κ2) is 49.9. The maximum atomic E-state index is 13.2. The first-order chi connectivity index (χ1) is 50.8. The molecule has 9 aromatic heterocycles. The van der Waals surface area contributed by atoms with Crippen molar-refractivity contribution in [1.82, 2.24) is 55.1 Å². The zero-order valence-corrected chi connectivity index (χ0v) is 69.4. The smallest absolute Gasteiger partial charge is 0.429 e. The van der Waals surface area contributed by atoms with Gasteiger partial charge in [0.15, 0.2) is 0 Å². The molecule has 0 atom stereocenters. The van der Waals surface area contributed by atoms with E-state index in [-0.39, 0.29) is 140 Å². The maximum absolute atomic E-state index is 13.2. The monoisotopic (exact) mass is 2410 g/mol. The Kier molecular flexibility index (Phi) is 43.6. The number of aromatic nitrogens is 11. The number of carboxylic acids is 2. The van der Waals surface area contributed by atoms with Crippen molar-refractivity contribution >= 4 is 11.9 Å². The van der Waals surface area contributed by atoms with Gasteiger partial charge in [-0.2, -0.15) is 26.3 Å². The van der Waals surface area contributed by atoms with Crippen molar-refractivity contribution in [1.29, 1.82) is 0 Å². The van der Waals surface area contributed by atoms with Crippen LogP contribution in [-0.4, -0.2) is 72.1 Å². The average molecular weight is 2410 g/mol. The number of benzene rings is 5. The summed E-state index contributed by atoms with van der Waals surface area (Å²) in [6.07, 6.45) is 3.59. The summed E-state index contributed by atoms with van der Waals surface area (Å²) >= 11 is 0. The van der Waals surface area contributed by atoms with E-state index in [1.807, 2.05) is 54.6 Å². The zero-order valence-electron chi connectivity index (χ0n) is 57.4. The fraction of sp³-hybridized carbons (Fsp3) is 0.0750. The summed E-state index contributed by atoms with van der Waals surface area (Å²) in [5.74, 6) is -5.74. The third-order valence-corrected chi connectivity index (χ3v) is 13.3. The Morgan fingerprint density at radius 3 is 1.18 bits per heavy atom. The molecule has 2 N–H and O–H groups in total. The molecular formula is C80H56F11Ir5N11O4-6. The Morgan fingerprint density at radius 2 is 0.820 bits per heavy atom. The van der Waals surface area contributed by atoms with Gasteiger partial charge in [-0.1, -0.05) is 122 Å². The average Bonchev–Trinajstić information content (AvgIpc) is 1.14. The van der Waals surface area contributed by atoms with Gasteiger partial charge in [-0.3, -0.25) is 32.0 Å². The molecule has 0 amide bonds. The molecule has 14 aromatic rings. The molecule has 0 spiro atoms. The number of pyridine rings is 8. The summed E-state index contributed by atoms with van der Waals surface area (Å²) in [6.45, 7) is 5.89. The van der Waals surface area contributed by atoms with E-state index in [9.17, 15) is 57.9 Å². The van der Waals surface area contributed by atoms with Gasteiger partial charge in [0.25, 0.3) is 0 Å². The van der Waals surface area contributed by atoms with E-state index in [0.717, 1.165) is 52.8 Å². The van der Waals surface area contributed by atoms with Gasteiger partial charge in [-0.25, -0.2) is 19.6 Å². The molecule has 0 bridgehead atoms. The number of halogens is 11. The fourth-order valence-electron chi connectivity index (χ4n) is 8.37. The molecule has 5 radical (unpaired) electrons. The van der Waals surface area contributed by atoms with Gasteiger partial charge in [-0.15, -0.1) is 119 Å². The number of carboxylic acid groups (broad SMARTS) is 2. The van der Waals surface area contributed by atoms with E-state index in [1.54, 1.807) is 141 Å². The van der Waals surface area contributed by atoms with Crippen LogP contribution in [-0.2, 0) is 113 Å². The number of carbonyl (C=O) groups is 2. The SMILES string of the molecule is CC(C)c1ccnc(-c2[c-]cc(F)cc2)c1.Cc1cc(-c2ccccn2)[c-]c(C(F)(F)F)c1.FC(F)(F)c1n[n-]c(-c2ccccn2)n1.Fc1c[c-]c(-c2ccccn2)c(F)c1.Fc1c[c-]c(-c2ccccn2)c(F)c1.O=C(O)c1ccccn1.O=C(O)c1ccccn1.[Ir].[Ir].[Ir].[Ir].[Ir].[c-]1ccccc1-c1ccccn1. The molecule has 0 aliphatic heterocycles. The predicted molar refractivity (Wildman–Crippen MR) is 372 cm³/mol. The molecule has 583 valence electrons. The van der Waals surface area contributed by atoms with Crippen LogP contribution in [0.2, 0.25) is 0 Å². The molecule has 0 aliphatic rings. The van der Waals surface area contributed by atoms with Gasteiger partial charge in [0, 0.05) is 179 Å². The minimum Gasteiger partial charge on any atom is -0.477 e. The van der Waals surface area contributed by atoms with Crippen molar-refractivity contribution in [2.45, 2.75) is 39.0 Å². The van der Waals surface area contributed by atoms with Crippen molar-refractivity contribution in [3.8, 4) is 67.8 Å². The largest absolute Gasteiger partial charge is 0.477 e. The Bertz CT molecular complexity index is 4810. The van der Waals surface area contributed by atoms with Crippen LogP contribution in [0.25, 0.3) is 67.8 Å². The predicted octanol–water partition coefficient (Wildman–Crippen LogP) is 19.0. The summed E-state index contributed by atoms with van der Waals surface area (Å²) in [5.41, 5.74) is 7.22. The Morgan fingerprint density at radius 1 is 0.405 bits per heavy atom. The van der Waals surface area contributed by atoms with Crippen LogP contribution in [0.4, 0.5) is 48.3 Å². The van der Waals surface area contributed by atoms with Crippen LogP contribution in [0.15, 0.2) is 268 Å². The first-order valence-corrected chi connectivity index (χ1v) is 31.1. The van der Waals surface area contributed by atoms with Crippen molar-refractivity contribution in [2.75, 3.05) is 0 Å². The maximum Gasteiger partial charge on any atom is 0.429 e. The molecule has 5 aromatic carbocycles. The van der Waals surface area contributed by atoms with Gasteiger partial charge in [-0.05, 0) is 113 Å². The molecule has 0 unspecified atom stereocenters. The van der Waals surface area contributed by atoms with Crippen LogP contribution < -0.4 is 5.10 Å². The molecule has 9 heterocycles. The first kappa shape index (κ1) is 96.9. The summed E-state index contributed by atoms with van der Waals surface area (Å²) in [5, 5.41) is 22.9. The number of hydrogen-bond donors (Lipinski definition) is 2. The molecule has 0 saturated heterocycles. The van der Waals surface area contributed by atoms with Crippen molar-refractivity contribution in [3.05, 3.63) is 361 Å². The second-order valence-electron chi connectivity index (χ2n) is 21.5. The molecule has 0 saturated carbocycles. The quantitative estimate of drug-likeness (QED) is 0.101. The van der Waals surface area contributed by atoms with Crippen LogP contribution in [0, 0.1) is 66.3 Å². The molecule has 14 rings (SSSR count). The van der Waals surface area contributed by atoms with Gasteiger partial charge in [0.1, 0.15) is 17.2 Å². The standard InChI is InChI=1S/C14H13FN.C13H9F3N.2C11H6F2N.C11H8N.C8H4F3N4.2C6H5NO2.5Ir/c1-10(2)12-7-8-16-14(9-12)11-3-5-13(15)6-4-11;1-9-6-10(12-4-2-3-5-17-12)8-11(7-9)13(14,15)16;2*12-8-4-5-9(10(13)7-8)11-3-1-2-6-14-11;1-2-6-10(7-3-1)11-8-4-5-9-12-11;9-8(10,11)7-13-6(14-15-7)5-3-1-2-4-12-5;2*8-6(9)5-3-1-2-4-7-5;;;;;/h3,5-10H,1-2H3;2-7H,1H3;2*1-4,6-7H;1-6,8-9H;1-4H;2*1-4H,(H,8,9);;;;;/q6*-1;;;;;;;. The van der Waals surface area contributed by atoms with Crippen LogP contribution in [0.1, 0.15) is 63.3 Å². The van der Waals surface area contributed by atoms with Crippen molar-refractivity contribution in [2.24, 2.45) is 0 Å². The van der Waals surface area contributed by atoms with E-state index in [2.05, 4.69) is 99.2 Å². The van der Waals surface area contributed by atoms with Gasteiger partial charge >= 0.3 is 24.3 Å². The topological polar surface area (TPSA) is 218 Å². The third-order valence-electron chi connectivity index (χ3n) is 13.3. The van der Waals surface area contributed by atoms with Gasteiger partial charge in [0.2, 0.25) is 0 Å². The Balaban J connectivity index is 0.000000431. The normalized spacial score (nSPS) is 9.94. The summed E-state index contributed by atoms with van der Waals surface area (Å²) in [4.78, 5) is 54.9. The van der Waals surface area contributed by atoms with E-state index < -0.39 is 58.9 Å². The molecule has 111 heavy (non-hydrogen) atoms. The van der Waals surface area contributed by atoms with Gasteiger partial charge < -0.3 is 45.2 Å². The number of aryl methyl sites for hydroxylation is 1. The van der Waals surface area contributed by atoms with Crippen LogP contribution in [0.3, 0.4) is 0 Å². The second-order valence-corrected chi connectivity index (χ2v) is 21.5. The molecular weight excluding hydrogens is 2350 g/mol. The number of nitrogens with zero attached hydrogens (tertiary/aromatic N) is 11. The van der Waals surface area contributed by atoms with Gasteiger partial charge in [0.05, 0.1) is 5.69 Å². The third kappa shape index (κ3) is 33.5. The number of rotatable bonds is 9. The fourth-order valence-corrected chi connectivity index (χ4v) is 8.37. The minimum absolute atomic E-state index is 0. The van der Waals surface area contributed by atoms with Crippen molar-refractivity contribution < 1.29 is 169 Å². The number of hydrogen-bond acceptors (Lipinski definition) is 12. The van der Waals surface area contributed by atoms with E-state index in [0.29, 0.717) is 34.1 Å². The number of aromatic carboxylic acids is 2. The molecule has 0 fully saturated rings. The zero-order chi connectivity index (χ0) is 76.4. The van der Waals surface area contributed by atoms with Crippen molar-refractivity contribution in [3.63, 3.8) is 0 Å². The van der Waals surface area contributed by atoms with E-state index >= 15 is 0 Å². The minimum atomic E-state index is -4.57. The van der Waals surface area contributed by atoms with E-state index in [4.69, 9.17) is 10.2 Å². The van der Waals surface area contributed by atoms with E-state index in [1.165, 1.54) is 54.5 Å². The summed E-state index contributed by atoms with van der Waals surface area (Å²) < 4.78 is 139. The Hall–Kier alpha value is -10.1. The van der Waals surface area contributed by atoms with Crippen LogP contribution in [0.5, 0.6) is 0 Å². The molecule has 31 heteroatoms. The van der Waals surface area contributed by atoms with Crippen LogP contribution >= 0.6 is 0 Å². The molecule has 15 nitrogen and oxygen atoms in total. The Labute approximate surface area is 698 Å².